The van der Waals surface area contributed by atoms with Gasteiger partial charge in [0.05, 0.1) is 11.5 Å². The Morgan fingerprint density at radius 1 is 1.41 bits per heavy atom. The van der Waals surface area contributed by atoms with Crippen LogP contribution in [0.1, 0.15) is 38.5 Å². The Morgan fingerprint density at radius 3 is 2.71 bits per heavy atom. The van der Waals surface area contributed by atoms with Crippen LogP contribution in [0.25, 0.3) is 0 Å². The summed E-state index contributed by atoms with van der Waals surface area (Å²) >= 11 is 0. The fraction of sp³-hybridized carbons (Fsp3) is 0.923. The third-order valence-corrected chi connectivity index (χ3v) is 4.09. The number of carbonyl (C=O) groups is 1. The summed E-state index contributed by atoms with van der Waals surface area (Å²) in [6, 6.07) is 0. The molecule has 4 nitrogen and oxygen atoms in total. The van der Waals surface area contributed by atoms with Crippen LogP contribution in [0.4, 0.5) is 0 Å². The SMILES string of the molecule is CN(CC1(O)CCCC1)C(=O)[C@@H]1CCCNC1. The summed E-state index contributed by atoms with van der Waals surface area (Å²) in [5.74, 6) is 0.302. The Labute approximate surface area is 103 Å². The minimum atomic E-state index is -0.619. The van der Waals surface area contributed by atoms with Crippen molar-refractivity contribution >= 4 is 5.91 Å². The average molecular weight is 240 g/mol. The third kappa shape index (κ3) is 3.19. The maximum Gasteiger partial charge on any atom is 0.226 e. The smallest absolute Gasteiger partial charge is 0.226 e. The van der Waals surface area contributed by atoms with E-state index in [-0.39, 0.29) is 11.8 Å². The van der Waals surface area contributed by atoms with Gasteiger partial charge in [0, 0.05) is 20.1 Å². The summed E-state index contributed by atoms with van der Waals surface area (Å²) < 4.78 is 0. The van der Waals surface area contributed by atoms with E-state index in [4.69, 9.17) is 0 Å². The standard InChI is InChI=1S/C13H24N2O2/c1-15(10-13(17)6-2-3-7-13)12(16)11-5-4-8-14-9-11/h11,14,17H,2-10H2,1H3/t11-/m1/s1. The summed E-state index contributed by atoms with van der Waals surface area (Å²) in [6.45, 7) is 2.32. The van der Waals surface area contributed by atoms with Crippen LogP contribution in [-0.2, 0) is 4.79 Å². The van der Waals surface area contributed by atoms with E-state index >= 15 is 0 Å². The number of nitrogens with one attached hydrogen (secondary N) is 1. The highest BCUT2D eigenvalue weighted by Crippen LogP contribution is 2.30. The van der Waals surface area contributed by atoms with Gasteiger partial charge in [0.2, 0.25) is 5.91 Å². The monoisotopic (exact) mass is 240 g/mol. The maximum atomic E-state index is 12.2. The normalized spacial score (nSPS) is 28.0. The molecule has 0 bridgehead atoms. The van der Waals surface area contributed by atoms with Crippen molar-refractivity contribution in [2.75, 3.05) is 26.7 Å². The van der Waals surface area contributed by atoms with Crippen LogP contribution >= 0.6 is 0 Å². The third-order valence-electron chi connectivity index (χ3n) is 4.09. The molecule has 1 aliphatic heterocycles. The van der Waals surface area contributed by atoms with Gasteiger partial charge in [-0.15, -0.1) is 0 Å². The first-order chi connectivity index (χ1) is 8.11. The van der Waals surface area contributed by atoms with Crippen LogP contribution < -0.4 is 5.32 Å². The van der Waals surface area contributed by atoms with E-state index in [1.165, 1.54) is 0 Å². The molecule has 1 amide bonds. The van der Waals surface area contributed by atoms with E-state index in [1.807, 2.05) is 7.05 Å². The molecular formula is C13H24N2O2. The molecule has 0 unspecified atom stereocenters. The Balaban J connectivity index is 1.85. The van der Waals surface area contributed by atoms with Gasteiger partial charge < -0.3 is 15.3 Å². The molecule has 0 aromatic carbocycles. The topological polar surface area (TPSA) is 52.6 Å². The molecule has 2 fully saturated rings. The first kappa shape index (κ1) is 12.8. The fourth-order valence-corrected chi connectivity index (χ4v) is 3.08. The summed E-state index contributed by atoms with van der Waals surface area (Å²) in [4.78, 5) is 13.9. The van der Waals surface area contributed by atoms with E-state index in [9.17, 15) is 9.90 Å². The lowest BCUT2D eigenvalue weighted by Crippen LogP contribution is -2.47. The van der Waals surface area contributed by atoms with Gasteiger partial charge in [0.1, 0.15) is 0 Å². The molecule has 4 heteroatoms. The van der Waals surface area contributed by atoms with Crippen LogP contribution in [-0.4, -0.2) is 48.2 Å². The van der Waals surface area contributed by atoms with Crippen LogP contribution in [0.3, 0.4) is 0 Å². The van der Waals surface area contributed by atoms with Crippen LogP contribution in [0.2, 0.25) is 0 Å². The summed E-state index contributed by atoms with van der Waals surface area (Å²) in [5.41, 5.74) is -0.619. The number of hydrogen-bond donors (Lipinski definition) is 2. The van der Waals surface area contributed by atoms with Gasteiger partial charge in [-0.25, -0.2) is 0 Å². The lowest BCUT2D eigenvalue weighted by atomic mass is 9.96. The zero-order valence-corrected chi connectivity index (χ0v) is 10.7. The molecule has 2 aliphatic rings. The molecule has 1 saturated carbocycles. The number of nitrogens with zero attached hydrogens (tertiary/aromatic N) is 1. The lowest BCUT2D eigenvalue weighted by Gasteiger charge is -2.32. The van der Waals surface area contributed by atoms with Gasteiger partial charge in [-0.2, -0.15) is 0 Å². The molecule has 1 aliphatic carbocycles. The fourth-order valence-electron chi connectivity index (χ4n) is 3.08. The summed E-state index contributed by atoms with van der Waals surface area (Å²) in [7, 11) is 1.83. The molecule has 0 spiro atoms. The van der Waals surface area contributed by atoms with Crippen molar-refractivity contribution in [2.24, 2.45) is 5.92 Å². The average Bonchev–Trinajstić information content (AvgIpc) is 2.76. The Morgan fingerprint density at radius 2 is 2.12 bits per heavy atom. The van der Waals surface area contributed by atoms with Crippen molar-refractivity contribution < 1.29 is 9.90 Å². The predicted octanol–water partition coefficient (Wildman–Crippen LogP) is 0.749. The van der Waals surface area contributed by atoms with Gasteiger partial charge in [0.25, 0.3) is 0 Å². The van der Waals surface area contributed by atoms with Crippen LogP contribution in [0.15, 0.2) is 0 Å². The Bertz CT molecular complexity index is 269. The summed E-state index contributed by atoms with van der Waals surface area (Å²) in [5, 5.41) is 13.6. The van der Waals surface area contributed by atoms with E-state index in [0.717, 1.165) is 51.6 Å². The molecule has 0 radical (unpaired) electrons. The minimum Gasteiger partial charge on any atom is -0.388 e. The number of aliphatic hydroxyl groups is 1. The zero-order valence-electron chi connectivity index (χ0n) is 10.7. The van der Waals surface area contributed by atoms with E-state index in [2.05, 4.69) is 5.32 Å². The second-order valence-electron chi connectivity index (χ2n) is 5.67. The van der Waals surface area contributed by atoms with Gasteiger partial charge in [-0.3, -0.25) is 4.79 Å². The van der Waals surface area contributed by atoms with E-state index in [1.54, 1.807) is 4.90 Å². The second kappa shape index (κ2) is 5.36. The van der Waals surface area contributed by atoms with Crippen molar-refractivity contribution in [3.8, 4) is 0 Å². The van der Waals surface area contributed by atoms with Gasteiger partial charge in [-0.05, 0) is 32.2 Å². The molecule has 98 valence electrons. The molecule has 1 heterocycles. The molecule has 0 aromatic rings. The number of carbonyl (C=O) groups excluding carboxylic acids is 1. The lowest BCUT2D eigenvalue weighted by molar-refractivity contribution is -0.138. The Hall–Kier alpha value is -0.610. The quantitative estimate of drug-likeness (QED) is 0.765. The highest BCUT2D eigenvalue weighted by Gasteiger charge is 2.34. The molecular weight excluding hydrogens is 216 g/mol. The molecule has 2 rings (SSSR count). The largest absolute Gasteiger partial charge is 0.388 e. The predicted molar refractivity (Wildman–Crippen MR) is 66.6 cm³/mol. The highest BCUT2D eigenvalue weighted by atomic mass is 16.3. The minimum absolute atomic E-state index is 0.110. The van der Waals surface area contributed by atoms with E-state index in [0.29, 0.717) is 6.54 Å². The second-order valence-corrected chi connectivity index (χ2v) is 5.67. The van der Waals surface area contributed by atoms with Crippen molar-refractivity contribution in [2.45, 2.75) is 44.1 Å². The van der Waals surface area contributed by atoms with Gasteiger partial charge in [0.15, 0.2) is 0 Å². The molecule has 17 heavy (non-hydrogen) atoms. The first-order valence-electron chi connectivity index (χ1n) is 6.79. The van der Waals surface area contributed by atoms with Crippen LogP contribution in [0, 0.1) is 5.92 Å². The first-order valence-corrected chi connectivity index (χ1v) is 6.79. The van der Waals surface area contributed by atoms with Crippen molar-refractivity contribution in [1.29, 1.82) is 0 Å². The zero-order chi connectivity index (χ0) is 12.3. The highest BCUT2D eigenvalue weighted by molar-refractivity contribution is 5.79. The van der Waals surface area contributed by atoms with Crippen molar-refractivity contribution in [1.82, 2.24) is 10.2 Å². The van der Waals surface area contributed by atoms with Gasteiger partial charge in [-0.1, -0.05) is 12.8 Å². The number of rotatable bonds is 3. The van der Waals surface area contributed by atoms with E-state index < -0.39 is 5.60 Å². The molecule has 2 N–H and O–H groups in total. The van der Waals surface area contributed by atoms with Crippen molar-refractivity contribution in [3.63, 3.8) is 0 Å². The number of amides is 1. The maximum absolute atomic E-state index is 12.2. The Kier molecular flexibility index (Phi) is 4.05. The summed E-state index contributed by atoms with van der Waals surface area (Å²) in [6.07, 6.45) is 5.91. The number of likely N-dealkylation sites (N-methyl/N-ethyl adjacent to an activating group) is 1. The number of hydrogen-bond acceptors (Lipinski definition) is 3. The van der Waals surface area contributed by atoms with Crippen LogP contribution in [0.5, 0.6) is 0 Å². The number of piperidine rings is 1. The van der Waals surface area contributed by atoms with Crippen molar-refractivity contribution in [3.05, 3.63) is 0 Å². The molecule has 0 aromatic heterocycles. The molecule has 1 saturated heterocycles. The molecule has 1 atom stereocenters. The van der Waals surface area contributed by atoms with Gasteiger partial charge >= 0.3 is 0 Å².